The van der Waals surface area contributed by atoms with Crippen LogP contribution in [0.3, 0.4) is 0 Å². The predicted molar refractivity (Wildman–Crippen MR) is 75.6 cm³/mol. The molecule has 17 heavy (non-hydrogen) atoms. The first-order valence-electron chi connectivity index (χ1n) is 6.79. The maximum absolute atomic E-state index is 3.50. The van der Waals surface area contributed by atoms with Crippen molar-refractivity contribution in [3.05, 3.63) is 22.4 Å². The number of hydrogen-bond acceptors (Lipinski definition) is 3. The molecule has 2 nitrogen and oxygen atoms in total. The standard InChI is InChI=1S/C14H24N2S/c1-3-13(14-7-5-11-17-14)16(2)12-6-4-9-15-10-8-12/h5,7,11-13,15H,3-4,6,8-10H2,1-2H3. The van der Waals surface area contributed by atoms with Crippen molar-refractivity contribution in [1.82, 2.24) is 10.2 Å². The van der Waals surface area contributed by atoms with E-state index in [4.69, 9.17) is 0 Å². The van der Waals surface area contributed by atoms with Gasteiger partial charge in [-0.25, -0.2) is 0 Å². The van der Waals surface area contributed by atoms with Crippen LogP contribution in [0, 0.1) is 0 Å². The Morgan fingerprint density at radius 3 is 3.06 bits per heavy atom. The van der Waals surface area contributed by atoms with E-state index in [1.165, 1.54) is 43.6 Å². The zero-order chi connectivity index (χ0) is 12.1. The molecule has 1 aliphatic heterocycles. The quantitative estimate of drug-likeness (QED) is 0.885. The molecule has 2 heterocycles. The van der Waals surface area contributed by atoms with Crippen molar-refractivity contribution in [3.8, 4) is 0 Å². The van der Waals surface area contributed by atoms with Crippen molar-refractivity contribution in [2.24, 2.45) is 0 Å². The molecule has 0 radical (unpaired) electrons. The summed E-state index contributed by atoms with van der Waals surface area (Å²) in [6, 6.07) is 5.81. The fraction of sp³-hybridized carbons (Fsp3) is 0.714. The summed E-state index contributed by atoms with van der Waals surface area (Å²) in [6.07, 6.45) is 5.15. The molecule has 1 N–H and O–H groups in total. The molecule has 2 atom stereocenters. The Morgan fingerprint density at radius 1 is 1.47 bits per heavy atom. The van der Waals surface area contributed by atoms with E-state index >= 15 is 0 Å². The molecule has 1 aromatic rings. The Bertz CT molecular complexity index is 302. The van der Waals surface area contributed by atoms with Gasteiger partial charge < -0.3 is 5.32 Å². The molecule has 0 aromatic carbocycles. The summed E-state index contributed by atoms with van der Waals surface area (Å²) < 4.78 is 0. The Labute approximate surface area is 109 Å². The van der Waals surface area contributed by atoms with Crippen molar-refractivity contribution in [2.45, 2.75) is 44.7 Å². The van der Waals surface area contributed by atoms with E-state index in [1.54, 1.807) is 0 Å². The lowest BCUT2D eigenvalue weighted by Crippen LogP contribution is -2.35. The van der Waals surface area contributed by atoms with Crippen LogP contribution in [0.5, 0.6) is 0 Å². The molecule has 0 bridgehead atoms. The zero-order valence-electron chi connectivity index (χ0n) is 11.0. The van der Waals surface area contributed by atoms with Gasteiger partial charge in [0.05, 0.1) is 0 Å². The first kappa shape index (κ1) is 13.1. The normalized spacial score (nSPS) is 23.6. The predicted octanol–water partition coefficient (Wildman–Crippen LogP) is 3.27. The van der Waals surface area contributed by atoms with Crippen molar-refractivity contribution < 1.29 is 0 Å². The third kappa shape index (κ3) is 3.30. The second kappa shape index (κ2) is 6.53. The van der Waals surface area contributed by atoms with Gasteiger partial charge >= 0.3 is 0 Å². The average Bonchev–Trinajstić information content (AvgIpc) is 2.72. The first-order chi connectivity index (χ1) is 8.33. The van der Waals surface area contributed by atoms with Crippen molar-refractivity contribution in [3.63, 3.8) is 0 Å². The largest absolute Gasteiger partial charge is 0.317 e. The van der Waals surface area contributed by atoms with Crippen LogP contribution in [0.2, 0.25) is 0 Å². The van der Waals surface area contributed by atoms with Gasteiger partial charge in [0, 0.05) is 17.0 Å². The zero-order valence-corrected chi connectivity index (χ0v) is 11.8. The lowest BCUT2D eigenvalue weighted by molar-refractivity contribution is 0.158. The molecule has 0 spiro atoms. The number of thiophene rings is 1. The molecular weight excluding hydrogens is 228 g/mol. The topological polar surface area (TPSA) is 15.3 Å². The molecule has 1 saturated heterocycles. The van der Waals surface area contributed by atoms with Gasteiger partial charge in [-0.2, -0.15) is 0 Å². The maximum Gasteiger partial charge on any atom is 0.0438 e. The molecule has 1 fully saturated rings. The van der Waals surface area contributed by atoms with E-state index in [0.29, 0.717) is 6.04 Å². The van der Waals surface area contributed by atoms with Gasteiger partial charge in [-0.3, -0.25) is 4.90 Å². The highest BCUT2D eigenvalue weighted by Crippen LogP contribution is 2.30. The molecule has 0 saturated carbocycles. The minimum Gasteiger partial charge on any atom is -0.317 e. The monoisotopic (exact) mass is 252 g/mol. The molecule has 2 unspecified atom stereocenters. The third-order valence-electron chi connectivity index (χ3n) is 3.87. The van der Waals surface area contributed by atoms with E-state index in [1.807, 2.05) is 11.3 Å². The first-order valence-corrected chi connectivity index (χ1v) is 7.67. The summed E-state index contributed by atoms with van der Waals surface area (Å²) in [7, 11) is 2.31. The molecular formula is C14H24N2S. The van der Waals surface area contributed by atoms with Crippen LogP contribution in [0.15, 0.2) is 17.5 Å². The van der Waals surface area contributed by atoms with Crippen LogP contribution >= 0.6 is 11.3 Å². The van der Waals surface area contributed by atoms with Gasteiger partial charge in [-0.1, -0.05) is 13.0 Å². The maximum atomic E-state index is 3.50. The third-order valence-corrected chi connectivity index (χ3v) is 4.84. The van der Waals surface area contributed by atoms with Crippen LogP contribution in [0.25, 0.3) is 0 Å². The van der Waals surface area contributed by atoms with Crippen molar-refractivity contribution in [2.75, 3.05) is 20.1 Å². The molecule has 3 heteroatoms. The molecule has 1 aliphatic rings. The molecule has 0 aliphatic carbocycles. The van der Waals surface area contributed by atoms with Gasteiger partial charge in [-0.05, 0) is 57.3 Å². The highest BCUT2D eigenvalue weighted by Gasteiger charge is 2.24. The Balaban J connectivity index is 2.03. The van der Waals surface area contributed by atoms with Gasteiger partial charge in [0.1, 0.15) is 0 Å². The summed E-state index contributed by atoms with van der Waals surface area (Å²) in [4.78, 5) is 4.13. The second-order valence-corrected chi connectivity index (χ2v) is 5.92. The number of hydrogen-bond donors (Lipinski definition) is 1. The summed E-state index contributed by atoms with van der Waals surface area (Å²) in [5.74, 6) is 0. The van der Waals surface area contributed by atoms with Gasteiger partial charge in [0.25, 0.3) is 0 Å². The Morgan fingerprint density at radius 2 is 2.35 bits per heavy atom. The van der Waals surface area contributed by atoms with E-state index in [0.717, 1.165) is 6.04 Å². The molecule has 2 rings (SSSR count). The lowest BCUT2D eigenvalue weighted by atomic mass is 10.0. The van der Waals surface area contributed by atoms with E-state index in [-0.39, 0.29) is 0 Å². The summed E-state index contributed by atoms with van der Waals surface area (Å²) in [5, 5.41) is 5.69. The minimum absolute atomic E-state index is 0.609. The van der Waals surface area contributed by atoms with Crippen LogP contribution in [-0.4, -0.2) is 31.1 Å². The van der Waals surface area contributed by atoms with Crippen LogP contribution in [0.4, 0.5) is 0 Å². The van der Waals surface area contributed by atoms with Crippen molar-refractivity contribution in [1.29, 1.82) is 0 Å². The Kier molecular flexibility index (Phi) is 5.01. The summed E-state index contributed by atoms with van der Waals surface area (Å²) in [5.41, 5.74) is 0. The van der Waals surface area contributed by atoms with Crippen LogP contribution in [0.1, 0.15) is 43.5 Å². The van der Waals surface area contributed by atoms with Crippen molar-refractivity contribution >= 4 is 11.3 Å². The molecule has 1 aromatic heterocycles. The fourth-order valence-electron chi connectivity index (χ4n) is 2.83. The summed E-state index contributed by atoms with van der Waals surface area (Å²) >= 11 is 1.90. The van der Waals surface area contributed by atoms with Gasteiger partial charge in [0.2, 0.25) is 0 Å². The van der Waals surface area contributed by atoms with E-state index in [2.05, 4.69) is 41.7 Å². The Hall–Kier alpha value is -0.380. The average molecular weight is 252 g/mol. The van der Waals surface area contributed by atoms with Crippen LogP contribution < -0.4 is 5.32 Å². The summed E-state index contributed by atoms with van der Waals surface area (Å²) in [6.45, 7) is 4.67. The van der Waals surface area contributed by atoms with E-state index < -0.39 is 0 Å². The lowest BCUT2D eigenvalue weighted by Gasteiger charge is -2.33. The second-order valence-electron chi connectivity index (χ2n) is 4.94. The fourth-order valence-corrected chi connectivity index (χ4v) is 3.79. The van der Waals surface area contributed by atoms with Gasteiger partial charge in [0.15, 0.2) is 0 Å². The number of rotatable bonds is 4. The molecule has 0 amide bonds. The highest BCUT2D eigenvalue weighted by molar-refractivity contribution is 7.10. The van der Waals surface area contributed by atoms with Crippen LogP contribution in [-0.2, 0) is 0 Å². The minimum atomic E-state index is 0.609. The van der Waals surface area contributed by atoms with E-state index in [9.17, 15) is 0 Å². The van der Waals surface area contributed by atoms with Gasteiger partial charge in [-0.15, -0.1) is 11.3 Å². The molecule has 96 valence electrons. The number of nitrogens with zero attached hydrogens (tertiary/aromatic N) is 1. The SMILES string of the molecule is CCC(c1cccs1)N(C)C1CCCNCC1. The highest BCUT2D eigenvalue weighted by atomic mass is 32.1. The number of nitrogens with one attached hydrogen (secondary N) is 1. The smallest absolute Gasteiger partial charge is 0.0438 e.